The molecule has 0 aliphatic heterocycles. The van der Waals surface area contributed by atoms with E-state index in [1.54, 1.807) is 0 Å². The molecule has 3 atom stereocenters. The van der Waals surface area contributed by atoms with Crippen molar-refractivity contribution in [2.45, 2.75) is 238 Å². The van der Waals surface area contributed by atoms with Gasteiger partial charge in [-0.25, -0.2) is 4.57 Å². The molecule has 68 heavy (non-hydrogen) atoms. The first-order valence-electron chi connectivity index (χ1n) is 26.8. The largest absolute Gasteiger partial charge is 0.472 e. The minimum absolute atomic E-state index is 0.0535. The molecule has 0 heterocycles. The van der Waals surface area contributed by atoms with Gasteiger partial charge in [0.2, 0.25) is 0 Å². The molecule has 12 heteroatoms. The van der Waals surface area contributed by atoms with Crippen molar-refractivity contribution in [1.29, 1.82) is 0 Å². The van der Waals surface area contributed by atoms with Gasteiger partial charge in [0.15, 0.2) is 6.10 Å². The molecule has 0 bridgehead atoms. The van der Waals surface area contributed by atoms with E-state index >= 15 is 0 Å². The van der Waals surface area contributed by atoms with Crippen LogP contribution in [0.5, 0.6) is 0 Å². The molecule has 2 N–H and O–H groups in total. The number of unbranched alkanes of at least 4 members (excludes halogenated alkanes) is 20. The average molecular weight is 977 g/mol. The van der Waals surface area contributed by atoms with Crippen LogP contribution in [-0.2, 0) is 42.2 Å². The second-order valence-electron chi connectivity index (χ2n) is 17.7. The second-order valence-corrected chi connectivity index (χ2v) is 19.1. The monoisotopic (exact) mass is 977 g/mol. The fraction of sp³-hybridized carbons (Fsp3) is 0.732. The number of ether oxygens (including phenoxy) is 3. The lowest BCUT2D eigenvalue weighted by Gasteiger charge is -2.21. The van der Waals surface area contributed by atoms with Gasteiger partial charge in [0, 0.05) is 19.3 Å². The van der Waals surface area contributed by atoms with Crippen LogP contribution in [0.3, 0.4) is 0 Å². The van der Waals surface area contributed by atoms with Gasteiger partial charge in [0.25, 0.3) is 0 Å². The summed E-state index contributed by atoms with van der Waals surface area (Å²) in [5.74, 6) is -1.57. The summed E-state index contributed by atoms with van der Waals surface area (Å²) in [6.07, 6.45) is 54.6. The Morgan fingerprint density at radius 3 is 1.28 bits per heavy atom. The normalized spacial score (nSPS) is 14.0. The number of phosphoric acid groups is 1. The summed E-state index contributed by atoms with van der Waals surface area (Å²) < 4.78 is 39.3. The average Bonchev–Trinajstić information content (AvgIpc) is 3.32. The molecule has 0 fully saturated rings. The molecule has 0 aromatic carbocycles. The van der Waals surface area contributed by atoms with E-state index in [0.717, 1.165) is 103 Å². The number of carbonyl (C=O) groups is 3. The molecular formula is C56H97O11P. The molecule has 0 rings (SSSR count). The Labute approximate surface area is 414 Å². The minimum atomic E-state index is -4.76. The fourth-order valence-electron chi connectivity index (χ4n) is 7.01. The molecule has 11 nitrogen and oxygen atoms in total. The van der Waals surface area contributed by atoms with Crippen molar-refractivity contribution in [3.8, 4) is 0 Å². The van der Waals surface area contributed by atoms with E-state index in [1.165, 1.54) is 64.2 Å². The number of hydrogen-bond donors (Lipinski definition) is 2. The topological polar surface area (TPSA) is 155 Å². The maximum atomic E-state index is 12.8. The first-order valence-corrected chi connectivity index (χ1v) is 28.3. The summed E-state index contributed by atoms with van der Waals surface area (Å²) in [6, 6.07) is 0. The van der Waals surface area contributed by atoms with Crippen molar-refractivity contribution in [3.63, 3.8) is 0 Å². The number of phosphoric ester groups is 1. The lowest BCUT2D eigenvalue weighted by Crippen LogP contribution is -2.30. The van der Waals surface area contributed by atoms with Crippen LogP contribution in [0.4, 0.5) is 0 Å². The third-order valence-electron chi connectivity index (χ3n) is 11.1. The highest BCUT2D eigenvalue weighted by Gasteiger charge is 2.28. The molecule has 0 amide bonds. The molecule has 0 aliphatic carbocycles. The predicted octanol–water partition coefficient (Wildman–Crippen LogP) is 15.4. The number of aliphatic hydroxyl groups is 1. The summed E-state index contributed by atoms with van der Waals surface area (Å²) in [7, 11) is -4.76. The maximum absolute atomic E-state index is 12.8. The van der Waals surface area contributed by atoms with E-state index in [2.05, 4.69) is 81.5 Å². The lowest BCUT2D eigenvalue weighted by atomic mass is 10.1. The van der Waals surface area contributed by atoms with Gasteiger partial charge in [-0.2, -0.15) is 0 Å². The first-order chi connectivity index (χ1) is 33.2. The number of allylic oxidation sites excluding steroid dienone is 12. The molecular weight excluding hydrogens is 880 g/mol. The molecule has 0 aliphatic rings. The molecule has 0 radical (unpaired) electrons. The van der Waals surface area contributed by atoms with Crippen LogP contribution in [0.25, 0.3) is 0 Å². The van der Waals surface area contributed by atoms with Gasteiger partial charge in [-0.3, -0.25) is 23.4 Å². The smallest absolute Gasteiger partial charge is 0.462 e. The van der Waals surface area contributed by atoms with Crippen LogP contribution in [0.15, 0.2) is 72.9 Å². The SMILES string of the molecule is CC/C=C\C/C=C\C/C=C\C/C=C\CCC(=O)OC(CO)COP(=O)(O)OCC(COC(=O)CCCCCCC/C=C\CCCCCC)OC(=O)CCCCCCC/C=C\CCCCCCCC. The molecule has 0 saturated heterocycles. The number of esters is 3. The van der Waals surface area contributed by atoms with Crippen LogP contribution >= 0.6 is 7.82 Å². The van der Waals surface area contributed by atoms with Gasteiger partial charge in [0.1, 0.15) is 12.7 Å². The third kappa shape index (κ3) is 48.0. The Bertz CT molecular complexity index is 1420. The molecule has 0 aromatic heterocycles. The van der Waals surface area contributed by atoms with E-state index in [4.69, 9.17) is 23.3 Å². The van der Waals surface area contributed by atoms with Crippen LogP contribution in [-0.4, -0.2) is 66.5 Å². The second kappa shape index (κ2) is 50.3. The Hall–Kier alpha value is -3.08. The van der Waals surface area contributed by atoms with Crippen LogP contribution < -0.4 is 0 Å². The summed E-state index contributed by atoms with van der Waals surface area (Å²) in [6.45, 7) is 4.40. The predicted molar refractivity (Wildman–Crippen MR) is 279 cm³/mol. The zero-order valence-corrected chi connectivity index (χ0v) is 43.9. The number of hydrogen-bond acceptors (Lipinski definition) is 10. The van der Waals surface area contributed by atoms with E-state index in [9.17, 15) is 28.9 Å². The Balaban J connectivity index is 4.82. The third-order valence-corrected chi connectivity index (χ3v) is 12.0. The Morgan fingerprint density at radius 1 is 0.426 bits per heavy atom. The molecule has 392 valence electrons. The van der Waals surface area contributed by atoms with Gasteiger partial charge in [0.05, 0.1) is 19.8 Å². The summed E-state index contributed by atoms with van der Waals surface area (Å²) in [5, 5.41) is 9.76. The lowest BCUT2D eigenvalue weighted by molar-refractivity contribution is -0.161. The fourth-order valence-corrected chi connectivity index (χ4v) is 7.79. The highest BCUT2D eigenvalue weighted by molar-refractivity contribution is 7.47. The number of carbonyl (C=O) groups excluding carboxylic acids is 3. The molecule has 0 aromatic rings. The molecule has 3 unspecified atom stereocenters. The number of rotatable bonds is 49. The van der Waals surface area contributed by atoms with Crippen LogP contribution in [0.1, 0.15) is 226 Å². The van der Waals surface area contributed by atoms with Gasteiger partial charge < -0.3 is 24.2 Å². The number of aliphatic hydroxyl groups excluding tert-OH is 1. The maximum Gasteiger partial charge on any atom is 0.472 e. The van der Waals surface area contributed by atoms with Gasteiger partial charge in [-0.15, -0.1) is 0 Å². The standard InChI is InChI=1S/C56H97O11P/c1-4-7-10-13-16-19-22-25-26-29-32-35-38-41-44-47-56(60)67-53(49-63-54(58)45-42-39-36-33-30-27-23-20-17-14-11-8-5-2)51-65-68(61,62)64-50-52(48-57)66-55(59)46-43-40-37-34-31-28-24-21-18-15-12-9-6-3/h9,12,18,20-21,23,25-26,28,31,37,40,52-53,57H,4-8,10-11,13-17,19,22,24,27,29-30,32-36,38-39,41-51H2,1-3H3,(H,61,62)/b12-9-,21-18-,23-20-,26-25-,31-28-,40-37-. The van der Waals surface area contributed by atoms with Crippen molar-refractivity contribution < 1.29 is 52.2 Å². The van der Waals surface area contributed by atoms with Crippen molar-refractivity contribution in [1.82, 2.24) is 0 Å². The van der Waals surface area contributed by atoms with E-state index in [-0.39, 0.29) is 25.9 Å². The minimum Gasteiger partial charge on any atom is -0.462 e. The van der Waals surface area contributed by atoms with Crippen LogP contribution in [0.2, 0.25) is 0 Å². The highest BCUT2D eigenvalue weighted by atomic mass is 31.2. The summed E-state index contributed by atoms with van der Waals surface area (Å²) >= 11 is 0. The summed E-state index contributed by atoms with van der Waals surface area (Å²) in [4.78, 5) is 48.3. The van der Waals surface area contributed by atoms with E-state index < -0.39 is 57.8 Å². The first kappa shape index (κ1) is 64.9. The Kier molecular flexibility index (Phi) is 48.0. The van der Waals surface area contributed by atoms with Crippen molar-refractivity contribution in [3.05, 3.63) is 72.9 Å². The molecule has 0 saturated carbocycles. The van der Waals surface area contributed by atoms with Gasteiger partial charge in [-0.1, -0.05) is 184 Å². The van der Waals surface area contributed by atoms with Crippen molar-refractivity contribution in [2.75, 3.05) is 26.4 Å². The quantitative estimate of drug-likeness (QED) is 0.0197. The van der Waals surface area contributed by atoms with E-state index in [1.807, 2.05) is 12.2 Å². The van der Waals surface area contributed by atoms with Gasteiger partial charge in [-0.05, 0) is 96.3 Å². The van der Waals surface area contributed by atoms with Crippen molar-refractivity contribution >= 4 is 25.7 Å². The molecule has 0 spiro atoms. The summed E-state index contributed by atoms with van der Waals surface area (Å²) in [5.41, 5.74) is 0. The zero-order valence-electron chi connectivity index (χ0n) is 43.1. The Morgan fingerprint density at radius 2 is 0.794 bits per heavy atom. The van der Waals surface area contributed by atoms with Crippen LogP contribution in [0, 0.1) is 0 Å². The zero-order chi connectivity index (χ0) is 49.9. The highest BCUT2D eigenvalue weighted by Crippen LogP contribution is 2.43. The van der Waals surface area contributed by atoms with Crippen molar-refractivity contribution in [2.24, 2.45) is 0 Å². The van der Waals surface area contributed by atoms with E-state index in [0.29, 0.717) is 19.3 Å². The van der Waals surface area contributed by atoms with Gasteiger partial charge >= 0.3 is 25.7 Å².